The van der Waals surface area contributed by atoms with E-state index in [1.54, 1.807) is 18.4 Å². The monoisotopic (exact) mass is 484 g/mol. The van der Waals surface area contributed by atoms with E-state index in [1.165, 1.54) is 10.4 Å². The number of nitrogens with one attached hydrogen (secondary N) is 2. The smallest absolute Gasteiger partial charge is 0.191 e. The number of halogens is 1. The maximum absolute atomic E-state index is 5.93. The van der Waals surface area contributed by atoms with Gasteiger partial charge in [-0.05, 0) is 19.4 Å². The van der Waals surface area contributed by atoms with Crippen molar-refractivity contribution in [3.8, 4) is 0 Å². The number of hydrogen-bond donors (Lipinski definition) is 2. The molecule has 3 rings (SSSR count). The minimum Gasteiger partial charge on any atom is -0.459 e. The van der Waals surface area contributed by atoms with Crippen LogP contribution in [0.2, 0.25) is 0 Å². The highest BCUT2D eigenvalue weighted by Crippen LogP contribution is 2.24. The summed E-state index contributed by atoms with van der Waals surface area (Å²) in [6.07, 6.45) is 3.91. The highest BCUT2D eigenvalue weighted by atomic mass is 127. The summed E-state index contributed by atoms with van der Waals surface area (Å²) < 4.78 is 5.93. The molecule has 3 aromatic rings. The second-order valence-electron chi connectivity index (χ2n) is 5.82. The number of aryl methyl sites for hydroxylation is 2. The molecule has 0 fully saturated rings. The molecule has 0 aliphatic carbocycles. The second-order valence-corrected chi connectivity index (χ2v) is 7.02. The molecular weight excluding hydrogens is 459 g/mol. The Morgan fingerprint density at radius 3 is 2.77 bits per heavy atom. The van der Waals surface area contributed by atoms with E-state index in [1.807, 2.05) is 24.4 Å². The summed E-state index contributed by atoms with van der Waals surface area (Å²) >= 11 is 1.78. The number of rotatable bonds is 6. The van der Waals surface area contributed by atoms with Gasteiger partial charge in [0.15, 0.2) is 5.96 Å². The zero-order valence-electron chi connectivity index (χ0n) is 15.3. The third kappa shape index (κ3) is 4.97. The molecule has 2 N–H and O–H groups in total. The molecule has 0 saturated heterocycles. The molecule has 0 unspecified atom stereocenters. The molecule has 140 valence electrons. The lowest BCUT2D eigenvalue weighted by atomic mass is 10.1. The average Bonchev–Trinajstić information content (AvgIpc) is 3.23. The first-order valence-corrected chi connectivity index (χ1v) is 9.38. The SMILES string of the molecule is CCc1cnc(CCNC(=NC)NCc2oc3ccccc3c2C)s1.I. The van der Waals surface area contributed by atoms with Crippen molar-refractivity contribution in [2.75, 3.05) is 13.6 Å². The molecule has 1 aromatic carbocycles. The first-order chi connectivity index (χ1) is 12.2. The fourth-order valence-electron chi connectivity index (χ4n) is 2.69. The van der Waals surface area contributed by atoms with Crippen molar-refractivity contribution >= 4 is 52.2 Å². The number of furan rings is 1. The maximum Gasteiger partial charge on any atom is 0.191 e. The van der Waals surface area contributed by atoms with Crippen molar-refractivity contribution in [3.63, 3.8) is 0 Å². The molecule has 26 heavy (non-hydrogen) atoms. The third-order valence-corrected chi connectivity index (χ3v) is 5.37. The first kappa shape index (κ1) is 20.7. The van der Waals surface area contributed by atoms with Gasteiger partial charge in [0.05, 0.1) is 11.6 Å². The standard InChI is InChI=1S/C19H24N4OS.HI/c1-4-14-11-22-18(25-14)9-10-21-19(20-3)23-12-17-13(2)15-7-5-6-8-16(15)24-17;/h5-8,11H,4,9-10,12H2,1-3H3,(H2,20,21,23);1H. The lowest BCUT2D eigenvalue weighted by molar-refractivity contribution is 0.534. The van der Waals surface area contributed by atoms with E-state index in [0.717, 1.165) is 47.1 Å². The summed E-state index contributed by atoms with van der Waals surface area (Å²) in [5, 5.41) is 8.98. The molecule has 5 nitrogen and oxygen atoms in total. The fourth-order valence-corrected chi connectivity index (χ4v) is 3.56. The van der Waals surface area contributed by atoms with Gasteiger partial charge < -0.3 is 15.1 Å². The summed E-state index contributed by atoms with van der Waals surface area (Å²) in [6, 6.07) is 8.11. The Hall–Kier alpha value is -1.61. The van der Waals surface area contributed by atoms with E-state index in [0.29, 0.717) is 6.54 Å². The van der Waals surface area contributed by atoms with Crippen molar-refractivity contribution in [1.29, 1.82) is 0 Å². The molecule has 0 atom stereocenters. The number of aliphatic imine (C=N–C) groups is 1. The third-order valence-electron chi connectivity index (χ3n) is 4.16. The van der Waals surface area contributed by atoms with Crippen molar-refractivity contribution in [1.82, 2.24) is 15.6 Å². The maximum atomic E-state index is 5.93. The quantitative estimate of drug-likeness (QED) is 0.312. The van der Waals surface area contributed by atoms with Crippen LogP contribution >= 0.6 is 35.3 Å². The van der Waals surface area contributed by atoms with E-state index in [2.05, 4.69) is 40.5 Å². The highest BCUT2D eigenvalue weighted by Gasteiger charge is 2.10. The molecule has 0 bridgehead atoms. The molecular formula is C19H25IN4OS. The summed E-state index contributed by atoms with van der Waals surface area (Å²) in [6.45, 7) is 5.65. The minimum atomic E-state index is 0. The number of para-hydroxylation sites is 1. The van der Waals surface area contributed by atoms with Crippen molar-refractivity contribution in [2.45, 2.75) is 33.2 Å². The summed E-state index contributed by atoms with van der Waals surface area (Å²) in [5.41, 5.74) is 2.10. The number of aromatic nitrogens is 1. The summed E-state index contributed by atoms with van der Waals surface area (Å²) in [5.74, 6) is 1.71. The number of hydrogen-bond acceptors (Lipinski definition) is 4. The lowest BCUT2D eigenvalue weighted by Crippen LogP contribution is -2.37. The molecule has 0 spiro atoms. The molecule has 2 aromatic heterocycles. The van der Waals surface area contributed by atoms with Crippen LogP contribution in [-0.4, -0.2) is 24.5 Å². The van der Waals surface area contributed by atoms with Gasteiger partial charge in [-0.25, -0.2) is 4.98 Å². The van der Waals surface area contributed by atoms with Gasteiger partial charge in [-0.1, -0.05) is 25.1 Å². The van der Waals surface area contributed by atoms with Gasteiger partial charge in [0.25, 0.3) is 0 Å². The predicted molar refractivity (Wildman–Crippen MR) is 120 cm³/mol. The van der Waals surface area contributed by atoms with Crippen LogP contribution < -0.4 is 10.6 Å². The second kappa shape index (κ2) is 9.91. The van der Waals surface area contributed by atoms with Crippen LogP contribution in [0.5, 0.6) is 0 Å². The van der Waals surface area contributed by atoms with E-state index >= 15 is 0 Å². The van der Waals surface area contributed by atoms with E-state index in [9.17, 15) is 0 Å². The van der Waals surface area contributed by atoms with Crippen molar-refractivity contribution in [3.05, 3.63) is 51.7 Å². The zero-order valence-corrected chi connectivity index (χ0v) is 18.5. The Morgan fingerprint density at radius 1 is 1.27 bits per heavy atom. The van der Waals surface area contributed by atoms with Crippen molar-refractivity contribution < 1.29 is 4.42 Å². The van der Waals surface area contributed by atoms with E-state index < -0.39 is 0 Å². The molecule has 0 radical (unpaired) electrons. The van der Waals surface area contributed by atoms with E-state index in [4.69, 9.17) is 4.42 Å². The van der Waals surface area contributed by atoms with Crippen LogP contribution in [0, 0.1) is 6.92 Å². The largest absolute Gasteiger partial charge is 0.459 e. The Morgan fingerprint density at radius 2 is 2.08 bits per heavy atom. The van der Waals surface area contributed by atoms with Gasteiger partial charge >= 0.3 is 0 Å². The van der Waals surface area contributed by atoms with Crippen LogP contribution in [0.1, 0.15) is 28.1 Å². The first-order valence-electron chi connectivity index (χ1n) is 8.56. The molecule has 2 heterocycles. The van der Waals surface area contributed by atoms with Gasteiger partial charge in [-0.3, -0.25) is 4.99 Å². The minimum absolute atomic E-state index is 0. The van der Waals surface area contributed by atoms with Gasteiger partial charge in [-0.2, -0.15) is 0 Å². The highest BCUT2D eigenvalue weighted by molar-refractivity contribution is 14.0. The van der Waals surface area contributed by atoms with Crippen LogP contribution in [0.25, 0.3) is 11.0 Å². The van der Waals surface area contributed by atoms with Crippen LogP contribution in [0.3, 0.4) is 0 Å². The van der Waals surface area contributed by atoms with Gasteiger partial charge in [0.1, 0.15) is 11.3 Å². The Bertz CT molecular complexity index is 871. The zero-order chi connectivity index (χ0) is 17.6. The molecule has 0 amide bonds. The average molecular weight is 484 g/mol. The number of fused-ring (bicyclic) bond motifs is 1. The van der Waals surface area contributed by atoms with Crippen LogP contribution in [0.15, 0.2) is 39.9 Å². The van der Waals surface area contributed by atoms with Gasteiger partial charge in [0.2, 0.25) is 0 Å². The lowest BCUT2D eigenvalue weighted by Gasteiger charge is -2.10. The van der Waals surface area contributed by atoms with E-state index in [-0.39, 0.29) is 24.0 Å². The normalized spacial score (nSPS) is 11.4. The summed E-state index contributed by atoms with van der Waals surface area (Å²) in [7, 11) is 1.78. The van der Waals surface area contributed by atoms with Gasteiger partial charge in [0, 0.05) is 42.0 Å². The Balaban J connectivity index is 0.00000243. The predicted octanol–water partition coefficient (Wildman–Crippen LogP) is 4.29. The summed E-state index contributed by atoms with van der Waals surface area (Å²) in [4.78, 5) is 10.0. The Labute approximate surface area is 175 Å². The molecule has 7 heteroatoms. The number of nitrogens with zero attached hydrogens (tertiary/aromatic N) is 2. The molecule has 0 saturated carbocycles. The molecule has 0 aliphatic heterocycles. The molecule has 0 aliphatic rings. The Kier molecular flexibility index (Phi) is 7.89. The number of benzene rings is 1. The van der Waals surface area contributed by atoms with Crippen LogP contribution in [-0.2, 0) is 19.4 Å². The van der Waals surface area contributed by atoms with Gasteiger partial charge in [-0.15, -0.1) is 35.3 Å². The van der Waals surface area contributed by atoms with Crippen LogP contribution in [0.4, 0.5) is 0 Å². The fraction of sp³-hybridized carbons (Fsp3) is 0.368. The number of thiazole rings is 1. The topological polar surface area (TPSA) is 62.5 Å². The number of guanidine groups is 1. The van der Waals surface area contributed by atoms with Crippen molar-refractivity contribution in [2.24, 2.45) is 4.99 Å².